The summed E-state index contributed by atoms with van der Waals surface area (Å²) in [6.45, 7) is 14.7. The van der Waals surface area contributed by atoms with Gasteiger partial charge >= 0.3 is 18.1 Å². The van der Waals surface area contributed by atoms with Crippen LogP contribution in [0.5, 0.6) is 0 Å². The first-order valence-electron chi connectivity index (χ1n) is 15.5. The molecule has 0 amide bonds. The van der Waals surface area contributed by atoms with E-state index >= 15 is 0 Å². The number of hydrogen-bond donors (Lipinski definition) is 1. The molecule has 1 aliphatic carbocycles. The lowest BCUT2D eigenvalue weighted by atomic mass is 9.94. The second-order valence-electron chi connectivity index (χ2n) is 12.3. The number of carbonyl (C=O) groups is 3. The van der Waals surface area contributed by atoms with Crippen LogP contribution in [0, 0.1) is 0 Å². The molecule has 0 aromatic heterocycles. The predicted molar refractivity (Wildman–Crippen MR) is 158 cm³/mol. The lowest BCUT2D eigenvalue weighted by Gasteiger charge is -2.33. The molecule has 0 saturated heterocycles. The lowest BCUT2D eigenvalue weighted by molar-refractivity contribution is -0.181. The fourth-order valence-electron chi connectivity index (χ4n) is 4.56. The van der Waals surface area contributed by atoms with E-state index in [0.29, 0.717) is 51.6 Å². The van der Waals surface area contributed by atoms with Crippen LogP contribution in [0.2, 0.25) is 0 Å². The Morgan fingerprint density at radius 3 is 1.56 bits per heavy atom. The summed E-state index contributed by atoms with van der Waals surface area (Å²) in [6, 6.07) is 0. The Labute approximate surface area is 257 Å². The van der Waals surface area contributed by atoms with Crippen LogP contribution in [0.3, 0.4) is 0 Å². The maximum atomic E-state index is 12.8. The van der Waals surface area contributed by atoms with Gasteiger partial charge in [0.25, 0.3) is 0 Å². The molecule has 1 rings (SSSR count). The van der Waals surface area contributed by atoms with Crippen LogP contribution in [-0.2, 0) is 47.5 Å². The van der Waals surface area contributed by atoms with Gasteiger partial charge in [0.2, 0.25) is 0 Å². The number of hydrogen-bond acceptors (Lipinski definition) is 12. The van der Waals surface area contributed by atoms with E-state index in [9.17, 15) is 14.4 Å². The summed E-state index contributed by atoms with van der Waals surface area (Å²) in [6.07, 6.45) is 1.95. The second kappa shape index (κ2) is 20.1. The number of esters is 2. The van der Waals surface area contributed by atoms with E-state index in [1.54, 1.807) is 27.7 Å². The minimum atomic E-state index is -1.25. The summed E-state index contributed by atoms with van der Waals surface area (Å²) in [5.74, 6) is -0.984. The molecule has 12 heteroatoms. The standard InChI is InChI=1S/C31H56O12/c1-22(2)36-17-19-38-27(33)30(5,6)42-24-11-9-13-25(41-29(35)40-16-15-32)21-26(14-10-12-24)43-31(7,8)28(34)39-20-18-37-23(3)4/h22-26,32H,9-21H2,1-8H3. The van der Waals surface area contributed by atoms with Gasteiger partial charge in [0, 0.05) is 6.42 Å². The zero-order chi connectivity index (χ0) is 32.5. The quantitative estimate of drug-likeness (QED) is 0.139. The second-order valence-corrected chi connectivity index (χ2v) is 12.3. The summed E-state index contributed by atoms with van der Waals surface area (Å²) >= 11 is 0. The van der Waals surface area contributed by atoms with Crippen molar-refractivity contribution in [3.05, 3.63) is 0 Å². The van der Waals surface area contributed by atoms with Crippen molar-refractivity contribution in [2.24, 2.45) is 0 Å². The fraction of sp³-hybridized carbons (Fsp3) is 0.903. The van der Waals surface area contributed by atoms with Crippen LogP contribution in [0.4, 0.5) is 4.79 Å². The van der Waals surface area contributed by atoms with Crippen molar-refractivity contribution < 1.29 is 57.4 Å². The molecule has 0 heterocycles. The van der Waals surface area contributed by atoms with E-state index in [2.05, 4.69) is 0 Å². The van der Waals surface area contributed by atoms with Crippen molar-refractivity contribution in [2.45, 2.75) is 142 Å². The molecule has 0 bridgehead atoms. The first kappa shape index (κ1) is 39.0. The number of carbonyl (C=O) groups excluding carboxylic acids is 3. The van der Waals surface area contributed by atoms with E-state index in [0.717, 1.165) is 0 Å². The molecule has 0 aromatic rings. The molecule has 43 heavy (non-hydrogen) atoms. The highest BCUT2D eigenvalue weighted by molar-refractivity contribution is 5.79. The molecule has 1 aliphatic rings. The highest BCUT2D eigenvalue weighted by Gasteiger charge is 2.37. The van der Waals surface area contributed by atoms with Crippen LogP contribution in [0.1, 0.15) is 100 Å². The predicted octanol–water partition coefficient (Wildman–Crippen LogP) is 4.51. The van der Waals surface area contributed by atoms with Crippen molar-refractivity contribution in [1.82, 2.24) is 0 Å². The summed E-state index contributed by atoms with van der Waals surface area (Å²) in [4.78, 5) is 37.8. The van der Waals surface area contributed by atoms with E-state index in [1.807, 2.05) is 27.7 Å². The Morgan fingerprint density at radius 1 is 0.651 bits per heavy atom. The smallest absolute Gasteiger partial charge is 0.461 e. The van der Waals surface area contributed by atoms with Crippen molar-refractivity contribution in [2.75, 3.05) is 39.6 Å². The van der Waals surface area contributed by atoms with Gasteiger partial charge in [0.05, 0.1) is 44.2 Å². The summed E-state index contributed by atoms with van der Waals surface area (Å²) < 4.78 is 44.7. The maximum absolute atomic E-state index is 12.8. The van der Waals surface area contributed by atoms with E-state index in [-0.39, 0.29) is 51.3 Å². The Morgan fingerprint density at radius 2 is 1.09 bits per heavy atom. The molecule has 1 N–H and O–H groups in total. The van der Waals surface area contributed by atoms with Crippen molar-refractivity contribution in [3.63, 3.8) is 0 Å². The molecule has 1 fully saturated rings. The van der Waals surface area contributed by atoms with Gasteiger partial charge in [-0.25, -0.2) is 14.4 Å². The van der Waals surface area contributed by atoms with Gasteiger partial charge in [-0.15, -0.1) is 0 Å². The molecule has 1 saturated carbocycles. The fourth-order valence-corrected chi connectivity index (χ4v) is 4.56. The van der Waals surface area contributed by atoms with Crippen LogP contribution < -0.4 is 0 Å². The first-order chi connectivity index (χ1) is 20.2. The van der Waals surface area contributed by atoms with E-state index < -0.39 is 41.5 Å². The zero-order valence-corrected chi connectivity index (χ0v) is 27.5. The average molecular weight is 621 g/mol. The normalized spacial score (nSPS) is 20.5. The third-order valence-corrected chi connectivity index (χ3v) is 6.65. The maximum Gasteiger partial charge on any atom is 0.508 e. The van der Waals surface area contributed by atoms with Gasteiger partial charge in [0.15, 0.2) is 11.2 Å². The van der Waals surface area contributed by atoms with Crippen molar-refractivity contribution in [1.29, 1.82) is 0 Å². The molecule has 252 valence electrons. The van der Waals surface area contributed by atoms with Crippen LogP contribution >= 0.6 is 0 Å². The minimum absolute atomic E-state index is 0.0280. The third kappa shape index (κ3) is 17.2. The van der Waals surface area contributed by atoms with Crippen LogP contribution in [-0.4, -0.2) is 105 Å². The molecule has 0 aliphatic heterocycles. The molecular weight excluding hydrogens is 564 g/mol. The summed E-state index contributed by atoms with van der Waals surface area (Å²) in [5, 5.41) is 8.98. The minimum Gasteiger partial charge on any atom is -0.461 e. The van der Waals surface area contributed by atoms with Gasteiger partial charge in [-0.2, -0.15) is 0 Å². The monoisotopic (exact) mass is 620 g/mol. The number of ether oxygens (including phenoxy) is 8. The van der Waals surface area contributed by atoms with Crippen LogP contribution in [0.15, 0.2) is 0 Å². The summed E-state index contributed by atoms with van der Waals surface area (Å²) in [7, 11) is 0. The van der Waals surface area contributed by atoms with Gasteiger partial charge in [-0.3, -0.25) is 0 Å². The molecule has 3 unspecified atom stereocenters. The lowest BCUT2D eigenvalue weighted by Crippen LogP contribution is -2.42. The number of aliphatic hydroxyl groups excluding tert-OH is 1. The zero-order valence-electron chi connectivity index (χ0n) is 27.5. The molecular formula is C31H56O12. The largest absolute Gasteiger partial charge is 0.508 e. The molecule has 3 atom stereocenters. The van der Waals surface area contributed by atoms with Gasteiger partial charge in [-0.05, 0) is 93.9 Å². The van der Waals surface area contributed by atoms with Crippen molar-refractivity contribution in [3.8, 4) is 0 Å². The highest BCUT2D eigenvalue weighted by atomic mass is 16.7. The molecule has 12 nitrogen and oxygen atoms in total. The third-order valence-electron chi connectivity index (χ3n) is 6.65. The van der Waals surface area contributed by atoms with E-state index in [4.69, 9.17) is 43.0 Å². The van der Waals surface area contributed by atoms with Crippen molar-refractivity contribution >= 4 is 18.1 Å². The average Bonchev–Trinajstić information content (AvgIpc) is 2.90. The number of rotatable bonds is 17. The van der Waals surface area contributed by atoms with Gasteiger partial charge < -0.3 is 43.0 Å². The molecule has 0 aromatic carbocycles. The first-order valence-corrected chi connectivity index (χ1v) is 15.5. The topological polar surface area (TPSA) is 145 Å². The van der Waals surface area contributed by atoms with Crippen LogP contribution in [0.25, 0.3) is 0 Å². The number of aliphatic hydroxyl groups is 1. The van der Waals surface area contributed by atoms with Gasteiger partial charge in [-0.1, -0.05) is 0 Å². The Balaban J connectivity index is 2.90. The molecule has 0 radical (unpaired) electrons. The Hall–Kier alpha value is -1.99. The Kier molecular flexibility index (Phi) is 18.3. The van der Waals surface area contributed by atoms with E-state index in [1.165, 1.54) is 0 Å². The highest BCUT2D eigenvalue weighted by Crippen LogP contribution is 2.29. The SMILES string of the molecule is CC(C)OCCOC(=O)C(C)(C)OC1CCCC(OC(=O)OCCO)CC(OC(C)(C)C(=O)OCCOC(C)C)CCC1. The molecule has 0 spiro atoms. The Bertz CT molecular complexity index is 811. The van der Waals surface area contributed by atoms with Gasteiger partial charge in [0.1, 0.15) is 25.9 Å². The summed E-state index contributed by atoms with van der Waals surface area (Å²) in [5.41, 5.74) is -2.42.